The van der Waals surface area contributed by atoms with Crippen LogP contribution in [0.2, 0.25) is 0 Å². The lowest BCUT2D eigenvalue weighted by Gasteiger charge is -1.87. The second-order valence-corrected chi connectivity index (χ2v) is 0.613. The highest BCUT2D eigenvalue weighted by atomic mass is 16.6. The second kappa shape index (κ2) is 3.10. The lowest BCUT2D eigenvalue weighted by Crippen LogP contribution is -2.18. The summed E-state index contributed by atoms with van der Waals surface area (Å²) in [5.41, 5.74) is 1.07. The van der Waals surface area contributed by atoms with Crippen LogP contribution in [0.4, 0.5) is 4.79 Å². The largest absolute Gasteiger partial charge is 0.438 e. The Bertz CT molecular complexity index is 79.8. The monoisotopic (exact) mass is 105 g/mol. The van der Waals surface area contributed by atoms with E-state index < -0.39 is 6.09 Å². The molecule has 0 unspecified atom stereocenters. The Kier molecular flexibility index (Phi) is 2.62. The topological polar surface area (TPSA) is 75.6 Å². The number of amides is 1. The predicted molar refractivity (Wildman–Crippen MR) is 17.5 cm³/mol. The van der Waals surface area contributed by atoms with E-state index in [0.29, 0.717) is 0 Å². The normalized spacial score (nSPS) is 7.00. The number of ether oxygens (including phenoxy) is 1. The molecule has 0 atom stereocenters. The van der Waals surface area contributed by atoms with E-state index in [1.807, 2.05) is 0 Å². The minimum absolute atomic E-state index is 0.0917. The Morgan fingerprint density at radius 1 is 1.86 bits per heavy atom. The molecule has 1 amide bonds. The number of carbonyl (C=O) groups excluding carboxylic acids is 2. The van der Waals surface area contributed by atoms with E-state index >= 15 is 0 Å². The van der Waals surface area contributed by atoms with E-state index in [4.69, 9.17) is 5.21 Å². The van der Waals surface area contributed by atoms with Gasteiger partial charge in [-0.1, -0.05) is 0 Å². The smallest absolute Gasteiger partial charge is 0.377 e. The zero-order chi connectivity index (χ0) is 5.70. The third-order valence-corrected chi connectivity index (χ3v) is 0.246. The highest BCUT2D eigenvalue weighted by Gasteiger charge is 1.92. The summed E-state index contributed by atoms with van der Waals surface area (Å²) in [4.78, 5) is 18.8. The summed E-state index contributed by atoms with van der Waals surface area (Å²) in [5, 5.41) is 7.58. The van der Waals surface area contributed by atoms with Crippen molar-refractivity contribution >= 4 is 12.6 Å². The van der Waals surface area contributed by atoms with Gasteiger partial charge in [-0.05, 0) is 0 Å². The number of hydroxylamine groups is 1. The maximum atomic E-state index is 9.60. The van der Waals surface area contributed by atoms with Gasteiger partial charge in [0.25, 0.3) is 0 Å². The van der Waals surface area contributed by atoms with Crippen molar-refractivity contribution in [2.45, 2.75) is 0 Å². The first-order chi connectivity index (χ1) is 3.31. The molecule has 5 nitrogen and oxygen atoms in total. The molecule has 0 radical (unpaired) electrons. The standard InChI is InChI=1S/C2H3NO4/c4-1-7-2(5)3-6/h1,6H,(H,3,5). The maximum Gasteiger partial charge on any atom is 0.438 e. The zero-order valence-corrected chi connectivity index (χ0v) is 3.25. The van der Waals surface area contributed by atoms with Gasteiger partial charge in [0.2, 0.25) is 0 Å². The summed E-state index contributed by atoms with van der Waals surface area (Å²) >= 11 is 0. The Morgan fingerprint density at radius 3 is 2.57 bits per heavy atom. The van der Waals surface area contributed by atoms with Crippen molar-refractivity contribution in [1.82, 2.24) is 5.48 Å². The van der Waals surface area contributed by atoms with Crippen LogP contribution < -0.4 is 5.48 Å². The van der Waals surface area contributed by atoms with E-state index in [-0.39, 0.29) is 6.47 Å². The fourth-order valence-corrected chi connectivity index (χ4v) is 0.0701. The molecule has 0 saturated heterocycles. The summed E-state index contributed by atoms with van der Waals surface area (Å²) in [6.45, 7) is -0.0917. The highest BCUT2D eigenvalue weighted by Crippen LogP contribution is 1.63. The van der Waals surface area contributed by atoms with Crippen molar-refractivity contribution in [2.24, 2.45) is 0 Å². The van der Waals surface area contributed by atoms with Crippen molar-refractivity contribution in [2.75, 3.05) is 0 Å². The van der Waals surface area contributed by atoms with Crippen LogP contribution in [0.1, 0.15) is 0 Å². The molecule has 0 fully saturated rings. The molecule has 7 heavy (non-hydrogen) atoms. The third kappa shape index (κ3) is 2.71. The minimum atomic E-state index is -1.19. The van der Waals surface area contributed by atoms with Gasteiger partial charge >= 0.3 is 12.6 Å². The Morgan fingerprint density at radius 2 is 2.43 bits per heavy atom. The van der Waals surface area contributed by atoms with E-state index in [0.717, 1.165) is 5.48 Å². The van der Waals surface area contributed by atoms with Crippen molar-refractivity contribution in [3.8, 4) is 0 Å². The van der Waals surface area contributed by atoms with Gasteiger partial charge in [0.15, 0.2) is 0 Å². The molecule has 0 saturated carbocycles. The van der Waals surface area contributed by atoms with Crippen molar-refractivity contribution in [3.05, 3.63) is 0 Å². The maximum absolute atomic E-state index is 9.60. The molecule has 0 bridgehead atoms. The van der Waals surface area contributed by atoms with Gasteiger partial charge < -0.3 is 4.74 Å². The first-order valence-electron chi connectivity index (χ1n) is 1.35. The molecule has 0 aliphatic rings. The second-order valence-electron chi connectivity index (χ2n) is 0.613. The van der Waals surface area contributed by atoms with Gasteiger partial charge in [-0.25, -0.2) is 10.3 Å². The van der Waals surface area contributed by atoms with Crippen LogP contribution in [-0.4, -0.2) is 17.8 Å². The molecule has 2 N–H and O–H groups in total. The van der Waals surface area contributed by atoms with Crippen LogP contribution in [0.5, 0.6) is 0 Å². The van der Waals surface area contributed by atoms with Crippen LogP contribution in [0, 0.1) is 0 Å². The Balaban J connectivity index is 3.17. The minimum Gasteiger partial charge on any atom is -0.377 e. The van der Waals surface area contributed by atoms with Gasteiger partial charge in [-0.15, -0.1) is 0 Å². The summed E-state index contributed by atoms with van der Waals surface area (Å²) in [5.74, 6) is 0. The van der Waals surface area contributed by atoms with Crippen LogP contribution in [0.3, 0.4) is 0 Å². The fourth-order valence-electron chi connectivity index (χ4n) is 0.0701. The van der Waals surface area contributed by atoms with Gasteiger partial charge in [0.05, 0.1) is 0 Å². The molecule has 0 aromatic carbocycles. The van der Waals surface area contributed by atoms with Crippen LogP contribution in [-0.2, 0) is 9.53 Å². The molecule has 5 heteroatoms. The summed E-state index contributed by atoms with van der Waals surface area (Å²) in [7, 11) is 0. The average molecular weight is 105 g/mol. The SMILES string of the molecule is O=COC(=O)NO. The Labute approximate surface area is 38.8 Å². The zero-order valence-electron chi connectivity index (χ0n) is 3.25. The first kappa shape index (κ1) is 5.90. The molecule has 0 aromatic heterocycles. The van der Waals surface area contributed by atoms with Crippen molar-refractivity contribution in [3.63, 3.8) is 0 Å². The first-order valence-corrected chi connectivity index (χ1v) is 1.35. The number of carbonyl (C=O) groups is 2. The van der Waals surface area contributed by atoms with Crippen molar-refractivity contribution < 1.29 is 19.5 Å². The molecule has 40 valence electrons. The molecule has 0 rings (SSSR count). The van der Waals surface area contributed by atoms with Crippen molar-refractivity contribution in [1.29, 1.82) is 0 Å². The van der Waals surface area contributed by atoms with E-state index in [9.17, 15) is 9.59 Å². The van der Waals surface area contributed by atoms with Gasteiger partial charge in [0, 0.05) is 0 Å². The van der Waals surface area contributed by atoms with Gasteiger partial charge in [-0.3, -0.25) is 10.0 Å². The van der Waals surface area contributed by atoms with Crippen LogP contribution >= 0.6 is 0 Å². The molecule has 0 heterocycles. The average Bonchev–Trinajstić information content (AvgIpc) is 1.68. The van der Waals surface area contributed by atoms with Gasteiger partial charge in [-0.2, -0.15) is 0 Å². The molecular weight excluding hydrogens is 102 g/mol. The quantitative estimate of drug-likeness (QED) is 0.199. The van der Waals surface area contributed by atoms with Gasteiger partial charge in [0.1, 0.15) is 0 Å². The highest BCUT2D eigenvalue weighted by molar-refractivity contribution is 5.73. The molecule has 0 spiro atoms. The summed E-state index contributed by atoms with van der Waals surface area (Å²) in [6, 6.07) is 0. The lowest BCUT2D eigenvalue weighted by atomic mass is 11.2. The number of rotatable bonds is 1. The van der Waals surface area contributed by atoms with E-state index in [1.165, 1.54) is 0 Å². The predicted octanol–water partition coefficient (Wildman–Crippen LogP) is -0.742. The fraction of sp³-hybridized carbons (Fsp3) is 0. The molecule has 0 aromatic rings. The van der Waals surface area contributed by atoms with E-state index in [2.05, 4.69) is 4.74 Å². The Hall–Kier alpha value is -1.10. The summed E-state index contributed by atoms with van der Waals surface area (Å²) < 4.78 is 3.51. The number of nitrogens with one attached hydrogen (secondary N) is 1. The number of hydrogen-bond donors (Lipinski definition) is 2. The molecular formula is C2H3NO4. The number of hydrogen-bond acceptors (Lipinski definition) is 4. The molecule has 0 aliphatic carbocycles. The molecule has 0 aliphatic heterocycles. The lowest BCUT2D eigenvalue weighted by molar-refractivity contribution is -0.124. The third-order valence-electron chi connectivity index (χ3n) is 0.246. The van der Waals surface area contributed by atoms with Crippen LogP contribution in [0.15, 0.2) is 0 Å². The van der Waals surface area contributed by atoms with Crippen LogP contribution in [0.25, 0.3) is 0 Å². The van der Waals surface area contributed by atoms with E-state index in [1.54, 1.807) is 0 Å². The summed E-state index contributed by atoms with van der Waals surface area (Å²) in [6.07, 6.45) is -1.19.